The van der Waals surface area contributed by atoms with Crippen LogP contribution < -0.4 is 5.32 Å². The zero-order chi connectivity index (χ0) is 13.9. The number of aromatic nitrogens is 3. The summed E-state index contributed by atoms with van der Waals surface area (Å²) in [5, 5.41) is 3.63. The number of hydrogen-bond donors (Lipinski definition) is 1. The lowest BCUT2D eigenvalue weighted by Gasteiger charge is -2.32. The van der Waals surface area contributed by atoms with Crippen molar-refractivity contribution in [3.05, 3.63) is 37.1 Å². The summed E-state index contributed by atoms with van der Waals surface area (Å²) < 4.78 is 1.91. The summed E-state index contributed by atoms with van der Waals surface area (Å²) in [5.41, 5.74) is 1.11. The maximum Gasteiger partial charge on any atom is 0.137 e. The van der Waals surface area contributed by atoms with E-state index in [2.05, 4.69) is 35.2 Å². The Bertz CT molecular complexity index is 522. The van der Waals surface area contributed by atoms with Crippen LogP contribution in [0.25, 0.3) is 5.82 Å². The Labute approximate surface area is 120 Å². The molecule has 2 aromatic rings. The van der Waals surface area contributed by atoms with E-state index in [9.17, 15) is 0 Å². The molecule has 0 aliphatic heterocycles. The van der Waals surface area contributed by atoms with Crippen LogP contribution in [0.3, 0.4) is 0 Å². The van der Waals surface area contributed by atoms with Crippen molar-refractivity contribution in [2.24, 2.45) is 11.8 Å². The van der Waals surface area contributed by atoms with Crippen molar-refractivity contribution >= 4 is 5.69 Å². The minimum Gasteiger partial charge on any atom is -0.381 e. The van der Waals surface area contributed by atoms with E-state index < -0.39 is 0 Å². The van der Waals surface area contributed by atoms with E-state index in [4.69, 9.17) is 0 Å². The molecule has 0 saturated heterocycles. The van der Waals surface area contributed by atoms with E-state index in [0.29, 0.717) is 6.04 Å². The number of anilines is 1. The molecular formula is C16H22N4. The molecule has 0 aromatic carbocycles. The lowest BCUT2D eigenvalue weighted by atomic mass is 9.80. The Balaban J connectivity index is 1.66. The van der Waals surface area contributed by atoms with Crippen molar-refractivity contribution < 1.29 is 0 Å². The molecule has 1 aliphatic carbocycles. The van der Waals surface area contributed by atoms with Crippen molar-refractivity contribution in [3.8, 4) is 5.82 Å². The van der Waals surface area contributed by atoms with Crippen molar-refractivity contribution in [1.82, 2.24) is 14.5 Å². The van der Waals surface area contributed by atoms with Crippen LogP contribution in [0.15, 0.2) is 37.1 Å². The lowest BCUT2D eigenvalue weighted by Crippen LogP contribution is -2.30. The molecule has 2 atom stereocenters. The van der Waals surface area contributed by atoms with E-state index in [1.54, 1.807) is 12.5 Å². The Morgan fingerprint density at radius 2 is 1.95 bits per heavy atom. The van der Waals surface area contributed by atoms with E-state index in [0.717, 1.165) is 23.3 Å². The van der Waals surface area contributed by atoms with Crippen LogP contribution in [0, 0.1) is 11.8 Å². The molecule has 0 spiro atoms. The Kier molecular flexibility index (Phi) is 3.72. The highest BCUT2D eigenvalue weighted by Gasteiger charge is 2.23. The van der Waals surface area contributed by atoms with Gasteiger partial charge in [-0.15, -0.1) is 0 Å². The molecule has 4 nitrogen and oxygen atoms in total. The summed E-state index contributed by atoms with van der Waals surface area (Å²) in [7, 11) is 0. The number of imidazole rings is 1. The second kappa shape index (κ2) is 5.65. The molecule has 1 aliphatic rings. The number of rotatable bonds is 3. The quantitative estimate of drug-likeness (QED) is 0.928. The average molecular weight is 270 g/mol. The van der Waals surface area contributed by atoms with Gasteiger partial charge in [0.05, 0.1) is 11.9 Å². The van der Waals surface area contributed by atoms with Crippen LogP contribution in [-0.4, -0.2) is 20.6 Å². The lowest BCUT2D eigenvalue weighted by molar-refractivity contribution is 0.281. The van der Waals surface area contributed by atoms with E-state index in [1.165, 1.54) is 19.3 Å². The van der Waals surface area contributed by atoms with Gasteiger partial charge in [-0.25, -0.2) is 9.97 Å². The van der Waals surface area contributed by atoms with E-state index >= 15 is 0 Å². The van der Waals surface area contributed by atoms with Crippen LogP contribution in [0.4, 0.5) is 5.69 Å². The molecule has 4 heteroatoms. The minimum atomic E-state index is 0.578. The smallest absolute Gasteiger partial charge is 0.137 e. The van der Waals surface area contributed by atoms with Gasteiger partial charge in [-0.05, 0) is 43.2 Å². The maximum absolute atomic E-state index is 4.49. The Morgan fingerprint density at radius 3 is 2.55 bits per heavy atom. The highest BCUT2D eigenvalue weighted by Crippen LogP contribution is 2.30. The van der Waals surface area contributed by atoms with Crippen LogP contribution in [-0.2, 0) is 0 Å². The molecule has 1 fully saturated rings. The second-order valence-electron chi connectivity index (χ2n) is 6.13. The molecule has 2 heterocycles. The van der Waals surface area contributed by atoms with Gasteiger partial charge in [0, 0.05) is 18.4 Å². The molecule has 0 radical (unpaired) electrons. The molecule has 1 saturated carbocycles. The normalized spacial score (nSPS) is 26.4. The van der Waals surface area contributed by atoms with Crippen LogP contribution in [0.2, 0.25) is 0 Å². The third kappa shape index (κ3) is 3.00. The van der Waals surface area contributed by atoms with Gasteiger partial charge in [-0.3, -0.25) is 4.57 Å². The molecular weight excluding hydrogens is 248 g/mol. The molecule has 0 amide bonds. The minimum absolute atomic E-state index is 0.578. The van der Waals surface area contributed by atoms with Gasteiger partial charge in [-0.2, -0.15) is 0 Å². The summed E-state index contributed by atoms with van der Waals surface area (Å²) in [6.07, 6.45) is 11.2. The maximum atomic E-state index is 4.49. The van der Waals surface area contributed by atoms with Gasteiger partial charge >= 0.3 is 0 Å². The highest BCUT2D eigenvalue weighted by molar-refractivity contribution is 5.44. The van der Waals surface area contributed by atoms with Crippen molar-refractivity contribution in [1.29, 1.82) is 0 Å². The standard InChI is InChI=1S/C16H22N4/c1-12-7-13(2)9-15(8-12)19-14-3-4-16(18-10-14)20-6-5-17-11-20/h3-6,10-13,15,19H,7-9H2,1-2H3. The highest BCUT2D eigenvalue weighted by atomic mass is 15.1. The van der Waals surface area contributed by atoms with Crippen LogP contribution >= 0.6 is 0 Å². The number of nitrogens with zero attached hydrogens (tertiary/aromatic N) is 3. The fraction of sp³-hybridized carbons (Fsp3) is 0.500. The molecule has 3 rings (SSSR count). The Morgan fingerprint density at radius 1 is 1.15 bits per heavy atom. The fourth-order valence-electron chi connectivity index (χ4n) is 3.32. The van der Waals surface area contributed by atoms with E-state index in [1.807, 2.05) is 23.0 Å². The summed E-state index contributed by atoms with van der Waals surface area (Å²) >= 11 is 0. The molecule has 2 aromatic heterocycles. The first kappa shape index (κ1) is 13.2. The largest absolute Gasteiger partial charge is 0.381 e. The predicted molar refractivity (Wildman–Crippen MR) is 80.9 cm³/mol. The monoisotopic (exact) mass is 270 g/mol. The van der Waals surface area contributed by atoms with Gasteiger partial charge in [0.2, 0.25) is 0 Å². The SMILES string of the molecule is CC1CC(C)CC(Nc2ccc(-n3ccnc3)nc2)C1. The topological polar surface area (TPSA) is 42.7 Å². The summed E-state index contributed by atoms with van der Waals surface area (Å²) in [6, 6.07) is 4.71. The Hall–Kier alpha value is -1.84. The third-order valence-corrected chi connectivity index (χ3v) is 4.07. The van der Waals surface area contributed by atoms with Gasteiger partial charge in [0.1, 0.15) is 12.1 Å². The predicted octanol–water partition coefficient (Wildman–Crippen LogP) is 3.50. The second-order valence-corrected chi connectivity index (χ2v) is 6.13. The van der Waals surface area contributed by atoms with Gasteiger partial charge < -0.3 is 5.32 Å². The van der Waals surface area contributed by atoms with Gasteiger partial charge in [0.25, 0.3) is 0 Å². The van der Waals surface area contributed by atoms with Crippen molar-refractivity contribution in [2.75, 3.05) is 5.32 Å². The molecule has 1 N–H and O–H groups in total. The number of hydrogen-bond acceptors (Lipinski definition) is 3. The average Bonchev–Trinajstić information content (AvgIpc) is 2.92. The van der Waals surface area contributed by atoms with Crippen LogP contribution in [0.5, 0.6) is 0 Å². The van der Waals surface area contributed by atoms with Crippen LogP contribution in [0.1, 0.15) is 33.1 Å². The zero-order valence-electron chi connectivity index (χ0n) is 12.2. The fourth-order valence-corrected chi connectivity index (χ4v) is 3.32. The van der Waals surface area contributed by atoms with Crippen molar-refractivity contribution in [3.63, 3.8) is 0 Å². The first-order chi connectivity index (χ1) is 9.70. The third-order valence-electron chi connectivity index (χ3n) is 4.07. The zero-order valence-corrected chi connectivity index (χ0v) is 12.2. The first-order valence-corrected chi connectivity index (χ1v) is 7.41. The molecule has 106 valence electrons. The van der Waals surface area contributed by atoms with Gasteiger partial charge in [-0.1, -0.05) is 13.8 Å². The number of pyridine rings is 1. The summed E-state index contributed by atoms with van der Waals surface area (Å²) in [5.74, 6) is 2.53. The molecule has 20 heavy (non-hydrogen) atoms. The van der Waals surface area contributed by atoms with Crippen molar-refractivity contribution in [2.45, 2.75) is 39.2 Å². The molecule has 0 bridgehead atoms. The summed E-state index contributed by atoms with van der Waals surface area (Å²) in [4.78, 5) is 8.52. The first-order valence-electron chi connectivity index (χ1n) is 7.41. The van der Waals surface area contributed by atoms with E-state index in [-0.39, 0.29) is 0 Å². The number of nitrogens with one attached hydrogen (secondary N) is 1. The molecule has 2 unspecified atom stereocenters. The van der Waals surface area contributed by atoms with Gasteiger partial charge in [0.15, 0.2) is 0 Å². The summed E-state index contributed by atoms with van der Waals surface area (Å²) in [6.45, 7) is 4.70.